The molecule has 21 heavy (non-hydrogen) atoms. The van der Waals surface area contributed by atoms with Crippen LogP contribution >= 0.6 is 24.0 Å². The Morgan fingerprint density at radius 3 is 2.48 bits per heavy atom. The molecule has 0 bridgehead atoms. The van der Waals surface area contributed by atoms with Gasteiger partial charge in [0.1, 0.15) is 9.92 Å². The van der Waals surface area contributed by atoms with Crippen LogP contribution < -0.4 is 10.6 Å². The van der Waals surface area contributed by atoms with E-state index in [1.807, 2.05) is 20.8 Å². The number of hydrogen-bond acceptors (Lipinski definition) is 5. The maximum absolute atomic E-state index is 11.4. The molecule has 0 heterocycles. The quantitative estimate of drug-likeness (QED) is 0.515. The fraction of sp³-hybridized carbons (Fsp3) is 0.846. The van der Waals surface area contributed by atoms with Gasteiger partial charge in [-0.25, -0.2) is 4.79 Å². The number of rotatable bonds is 8. The minimum absolute atomic E-state index is 0.408. The number of unbranched alkanes of at least 4 members (excludes halogenated alkanes) is 1. The van der Waals surface area contributed by atoms with Crippen LogP contribution in [0.2, 0.25) is 0 Å². The molecule has 0 aliphatic heterocycles. The largest absolute Gasteiger partial charge is 0.444 e. The van der Waals surface area contributed by atoms with Crippen molar-refractivity contribution < 1.29 is 13.7 Å². The summed E-state index contributed by atoms with van der Waals surface area (Å²) in [7, 11) is -0.716. The van der Waals surface area contributed by atoms with E-state index in [4.69, 9.17) is 17.0 Å². The first-order chi connectivity index (χ1) is 9.70. The number of amides is 1. The zero-order chi connectivity index (χ0) is 16.3. The minimum atomic E-state index is -0.716. The molecule has 2 N–H and O–H groups in total. The summed E-state index contributed by atoms with van der Waals surface area (Å²) in [5, 5.41) is 5.81. The summed E-state index contributed by atoms with van der Waals surface area (Å²) < 4.78 is 16.7. The van der Waals surface area contributed by atoms with Crippen LogP contribution in [0, 0.1) is 0 Å². The second-order valence-corrected chi connectivity index (χ2v) is 8.80. The summed E-state index contributed by atoms with van der Waals surface area (Å²) in [5.41, 5.74) is -0.476. The highest BCUT2D eigenvalue weighted by molar-refractivity contribution is 8.22. The number of thiocarbonyl (C=S) groups is 1. The van der Waals surface area contributed by atoms with Gasteiger partial charge in [0.15, 0.2) is 0 Å². The van der Waals surface area contributed by atoms with Gasteiger partial charge in [-0.1, -0.05) is 24.0 Å². The molecule has 0 rings (SSSR count). The number of alkyl carbamates (subject to hydrolysis) is 1. The number of carbonyl (C=O) groups excluding carboxylic acids is 1. The molecule has 0 aliphatic rings. The predicted octanol–water partition coefficient (Wildman–Crippen LogP) is 2.28. The predicted molar refractivity (Wildman–Crippen MR) is 95.5 cm³/mol. The maximum Gasteiger partial charge on any atom is 0.407 e. The molecule has 0 spiro atoms. The van der Waals surface area contributed by atoms with Crippen LogP contribution in [-0.4, -0.2) is 51.1 Å². The SMILES string of the molecule is CS(=O)CCCCNC(=S)SCCNC(=O)OC(C)(C)C. The van der Waals surface area contributed by atoms with E-state index in [-0.39, 0.29) is 0 Å². The molecular formula is C13H26N2O3S3. The fourth-order valence-electron chi connectivity index (χ4n) is 1.28. The fourth-order valence-corrected chi connectivity index (χ4v) is 2.84. The van der Waals surface area contributed by atoms with E-state index < -0.39 is 22.5 Å². The molecule has 5 nitrogen and oxygen atoms in total. The highest BCUT2D eigenvalue weighted by atomic mass is 32.2. The van der Waals surface area contributed by atoms with Crippen molar-refractivity contribution >= 4 is 45.2 Å². The molecule has 0 aliphatic carbocycles. The molecule has 1 atom stereocenters. The Morgan fingerprint density at radius 1 is 1.24 bits per heavy atom. The van der Waals surface area contributed by atoms with Crippen LogP contribution in [0.3, 0.4) is 0 Å². The van der Waals surface area contributed by atoms with Crippen molar-refractivity contribution in [2.75, 3.05) is 30.9 Å². The van der Waals surface area contributed by atoms with Crippen molar-refractivity contribution in [1.29, 1.82) is 0 Å². The van der Waals surface area contributed by atoms with E-state index >= 15 is 0 Å². The lowest BCUT2D eigenvalue weighted by Gasteiger charge is -2.19. The van der Waals surface area contributed by atoms with Crippen molar-refractivity contribution in [2.24, 2.45) is 0 Å². The van der Waals surface area contributed by atoms with Gasteiger partial charge in [0, 0.05) is 41.7 Å². The average molecular weight is 355 g/mol. The third-order valence-electron chi connectivity index (χ3n) is 2.13. The summed E-state index contributed by atoms with van der Waals surface area (Å²) in [5.74, 6) is 1.44. The smallest absolute Gasteiger partial charge is 0.407 e. The van der Waals surface area contributed by atoms with E-state index in [9.17, 15) is 9.00 Å². The molecule has 0 saturated carbocycles. The number of thioether (sulfide) groups is 1. The Labute approximate surface area is 139 Å². The molecule has 1 amide bonds. The summed E-state index contributed by atoms with van der Waals surface area (Å²) in [6, 6.07) is 0. The van der Waals surface area contributed by atoms with E-state index in [1.165, 1.54) is 11.8 Å². The van der Waals surface area contributed by atoms with Crippen LogP contribution in [0.15, 0.2) is 0 Å². The molecule has 1 unspecified atom stereocenters. The van der Waals surface area contributed by atoms with E-state index in [0.29, 0.717) is 12.3 Å². The van der Waals surface area contributed by atoms with E-state index in [0.717, 1.165) is 29.5 Å². The topological polar surface area (TPSA) is 67.4 Å². The molecule has 0 fully saturated rings. The molecule has 0 saturated heterocycles. The van der Waals surface area contributed by atoms with Gasteiger partial charge in [-0.2, -0.15) is 0 Å². The Hall–Kier alpha value is -0.340. The Bertz CT molecular complexity index is 357. The zero-order valence-electron chi connectivity index (χ0n) is 13.2. The third-order valence-corrected chi connectivity index (χ3v) is 4.31. The van der Waals surface area contributed by atoms with Crippen LogP contribution in [0.4, 0.5) is 4.79 Å². The molecule has 0 aromatic heterocycles. The monoisotopic (exact) mass is 354 g/mol. The van der Waals surface area contributed by atoms with Crippen molar-refractivity contribution in [3.8, 4) is 0 Å². The molecule has 0 aromatic carbocycles. The molecule has 0 aromatic rings. The maximum atomic E-state index is 11.4. The number of carbonyl (C=O) groups is 1. The lowest BCUT2D eigenvalue weighted by atomic mass is 10.2. The Kier molecular flexibility index (Phi) is 11.1. The zero-order valence-corrected chi connectivity index (χ0v) is 15.6. The highest BCUT2D eigenvalue weighted by Gasteiger charge is 2.15. The normalized spacial score (nSPS) is 12.6. The van der Waals surface area contributed by atoms with Gasteiger partial charge < -0.3 is 15.4 Å². The highest BCUT2D eigenvalue weighted by Crippen LogP contribution is 2.06. The van der Waals surface area contributed by atoms with Gasteiger partial charge >= 0.3 is 6.09 Å². The van der Waals surface area contributed by atoms with Crippen molar-refractivity contribution in [3.05, 3.63) is 0 Å². The Balaban J connectivity index is 3.49. The second-order valence-electron chi connectivity index (χ2n) is 5.48. The van der Waals surface area contributed by atoms with Crippen LogP contribution in [-0.2, 0) is 15.5 Å². The van der Waals surface area contributed by atoms with Crippen LogP contribution in [0.5, 0.6) is 0 Å². The van der Waals surface area contributed by atoms with Crippen LogP contribution in [0.1, 0.15) is 33.6 Å². The first-order valence-corrected chi connectivity index (χ1v) is 10.0. The van der Waals surface area contributed by atoms with Crippen molar-refractivity contribution in [1.82, 2.24) is 10.6 Å². The van der Waals surface area contributed by atoms with Gasteiger partial charge in [0.2, 0.25) is 0 Å². The summed E-state index contributed by atoms with van der Waals surface area (Å²) >= 11 is 6.66. The van der Waals surface area contributed by atoms with Gasteiger partial charge in [-0.05, 0) is 33.6 Å². The third kappa shape index (κ3) is 15.9. The van der Waals surface area contributed by atoms with E-state index in [1.54, 1.807) is 6.26 Å². The van der Waals surface area contributed by atoms with Gasteiger partial charge in [-0.3, -0.25) is 4.21 Å². The summed E-state index contributed by atoms with van der Waals surface area (Å²) in [4.78, 5) is 11.4. The first kappa shape index (κ1) is 20.7. The molecule has 0 radical (unpaired) electrons. The van der Waals surface area contributed by atoms with E-state index in [2.05, 4.69) is 10.6 Å². The number of ether oxygens (including phenoxy) is 1. The van der Waals surface area contributed by atoms with Crippen LogP contribution in [0.25, 0.3) is 0 Å². The Morgan fingerprint density at radius 2 is 1.90 bits per heavy atom. The number of hydrogen-bond donors (Lipinski definition) is 2. The lowest BCUT2D eigenvalue weighted by molar-refractivity contribution is 0.0531. The van der Waals surface area contributed by atoms with Crippen molar-refractivity contribution in [3.63, 3.8) is 0 Å². The second kappa shape index (κ2) is 11.3. The lowest BCUT2D eigenvalue weighted by Crippen LogP contribution is -2.34. The molecule has 124 valence electrons. The first-order valence-electron chi connectivity index (χ1n) is 6.88. The summed E-state index contributed by atoms with van der Waals surface area (Å²) in [6.07, 6.45) is 3.19. The average Bonchev–Trinajstić information content (AvgIpc) is 2.31. The van der Waals surface area contributed by atoms with Gasteiger partial charge in [0.05, 0.1) is 0 Å². The van der Waals surface area contributed by atoms with Crippen molar-refractivity contribution in [2.45, 2.75) is 39.2 Å². The van der Waals surface area contributed by atoms with Gasteiger partial charge in [-0.15, -0.1) is 0 Å². The minimum Gasteiger partial charge on any atom is -0.444 e. The standard InChI is InChI=1S/C13H26N2O3S3/c1-13(2,3)18-11(16)14-8-9-20-12(19)15-7-5-6-10-21(4)17/h5-10H2,1-4H3,(H,14,16)(H,15,19). The summed E-state index contributed by atoms with van der Waals surface area (Å²) in [6.45, 7) is 6.79. The molecule has 8 heteroatoms. The number of nitrogens with one attached hydrogen (secondary N) is 2. The van der Waals surface area contributed by atoms with Gasteiger partial charge in [0.25, 0.3) is 0 Å². The molecular weight excluding hydrogens is 328 g/mol.